The van der Waals surface area contributed by atoms with E-state index in [1.165, 1.54) is 22.6 Å². The highest BCUT2D eigenvalue weighted by Crippen LogP contribution is 2.31. The molecule has 1 N–H and O–H groups in total. The topological polar surface area (TPSA) is 37.6 Å². The van der Waals surface area contributed by atoms with Crippen molar-refractivity contribution >= 4 is 32.6 Å². The smallest absolute Gasteiger partial charge is 0.233 e. The van der Waals surface area contributed by atoms with Gasteiger partial charge in [-0.05, 0) is 48.7 Å². The summed E-state index contributed by atoms with van der Waals surface area (Å²) in [5, 5.41) is 0.729. The summed E-state index contributed by atoms with van der Waals surface area (Å²) in [6.45, 7) is 5.54. The van der Waals surface area contributed by atoms with Gasteiger partial charge < -0.3 is 4.90 Å². The number of hydrogen-bond acceptors (Lipinski definition) is 3. The molecule has 0 radical (unpaired) electrons. The van der Waals surface area contributed by atoms with E-state index in [2.05, 4.69) is 33.2 Å². The van der Waals surface area contributed by atoms with Gasteiger partial charge in [0.2, 0.25) is 5.91 Å². The first-order chi connectivity index (χ1) is 12.8. The number of nitrogens with zero attached hydrogens (tertiary/aromatic N) is 2. The van der Waals surface area contributed by atoms with Crippen LogP contribution in [0.3, 0.4) is 0 Å². The predicted molar refractivity (Wildman–Crippen MR) is 109 cm³/mol. The zero-order valence-electron chi connectivity index (χ0n) is 16.2. The van der Waals surface area contributed by atoms with Crippen LogP contribution in [0.25, 0.3) is 10.2 Å². The minimum atomic E-state index is -0.295. The molecule has 0 fully saturated rings. The van der Waals surface area contributed by atoms with Crippen molar-refractivity contribution in [3.05, 3.63) is 58.9 Å². The SMILES string of the molecule is Cc1cc(C)c2nc(N(CC[NH+](C)C)C(=O)Cc3ccc(F)cc3)sc2c1. The zero-order valence-corrected chi connectivity index (χ0v) is 17.0. The summed E-state index contributed by atoms with van der Waals surface area (Å²) in [7, 11) is 4.13. The molecule has 0 saturated carbocycles. The van der Waals surface area contributed by atoms with E-state index in [-0.39, 0.29) is 18.1 Å². The van der Waals surface area contributed by atoms with Crippen LogP contribution in [0.2, 0.25) is 0 Å². The summed E-state index contributed by atoms with van der Waals surface area (Å²) >= 11 is 1.55. The van der Waals surface area contributed by atoms with E-state index in [4.69, 9.17) is 4.98 Å². The summed E-state index contributed by atoms with van der Waals surface area (Å²) in [4.78, 5) is 20.8. The van der Waals surface area contributed by atoms with E-state index < -0.39 is 0 Å². The number of halogens is 1. The molecule has 2 aromatic carbocycles. The number of nitrogens with one attached hydrogen (secondary N) is 1. The first kappa shape index (κ1) is 19.5. The Morgan fingerprint density at radius 3 is 2.56 bits per heavy atom. The molecular formula is C21H25FN3OS+. The number of thiazole rings is 1. The minimum absolute atomic E-state index is 0.0173. The van der Waals surface area contributed by atoms with E-state index >= 15 is 0 Å². The van der Waals surface area contributed by atoms with Gasteiger partial charge in [-0.25, -0.2) is 9.37 Å². The number of benzene rings is 2. The van der Waals surface area contributed by atoms with E-state index in [1.54, 1.807) is 28.4 Å². The quantitative estimate of drug-likeness (QED) is 0.707. The van der Waals surface area contributed by atoms with Gasteiger partial charge in [-0.1, -0.05) is 29.5 Å². The highest BCUT2D eigenvalue weighted by atomic mass is 32.1. The molecule has 3 rings (SSSR count). The van der Waals surface area contributed by atoms with Crippen molar-refractivity contribution in [2.45, 2.75) is 20.3 Å². The first-order valence-corrected chi connectivity index (χ1v) is 9.87. The van der Waals surface area contributed by atoms with Crippen LogP contribution in [0.1, 0.15) is 16.7 Å². The van der Waals surface area contributed by atoms with Crippen LogP contribution in [-0.2, 0) is 11.2 Å². The summed E-state index contributed by atoms with van der Waals surface area (Å²) in [6, 6.07) is 10.3. The van der Waals surface area contributed by atoms with E-state index in [1.807, 2.05) is 6.92 Å². The van der Waals surface area contributed by atoms with Gasteiger partial charge in [-0.3, -0.25) is 9.69 Å². The Balaban J connectivity index is 1.91. The second-order valence-corrected chi connectivity index (χ2v) is 8.24. The van der Waals surface area contributed by atoms with Gasteiger partial charge in [0, 0.05) is 0 Å². The third-order valence-electron chi connectivity index (χ3n) is 4.45. The number of fused-ring (bicyclic) bond motifs is 1. The van der Waals surface area contributed by atoms with Crippen LogP contribution >= 0.6 is 11.3 Å². The number of carbonyl (C=O) groups is 1. The lowest BCUT2D eigenvalue weighted by atomic mass is 10.1. The molecule has 6 heteroatoms. The van der Waals surface area contributed by atoms with E-state index in [0.29, 0.717) is 6.54 Å². The number of amides is 1. The summed E-state index contributed by atoms with van der Waals surface area (Å²) in [6.07, 6.45) is 0.233. The van der Waals surface area contributed by atoms with Crippen molar-refractivity contribution < 1.29 is 14.1 Å². The van der Waals surface area contributed by atoms with Crippen LogP contribution in [0.4, 0.5) is 9.52 Å². The third-order valence-corrected chi connectivity index (χ3v) is 5.48. The second kappa shape index (κ2) is 8.15. The normalized spacial score (nSPS) is 11.3. The third kappa shape index (κ3) is 4.70. The fourth-order valence-corrected chi connectivity index (χ4v) is 4.19. The van der Waals surface area contributed by atoms with Crippen molar-refractivity contribution in [2.24, 2.45) is 0 Å². The Kier molecular flexibility index (Phi) is 5.87. The fourth-order valence-electron chi connectivity index (χ4n) is 3.01. The number of hydrogen-bond donors (Lipinski definition) is 1. The van der Waals surface area contributed by atoms with Gasteiger partial charge >= 0.3 is 0 Å². The monoisotopic (exact) mass is 386 g/mol. The molecule has 0 aliphatic rings. The van der Waals surface area contributed by atoms with Gasteiger partial charge in [0.05, 0.1) is 43.8 Å². The second-order valence-electron chi connectivity index (χ2n) is 7.23. The van der Waals surface area contributed by atoms with Crippen molar-refractivity contribution in [1.82, 2.24) is 4.98 Å². The fraction of sp³-hybridized carbons (Fsp3) is 0.333. The highest BCUT2D eigenvalue weighted by Gasteiger charge is 2.21. The molecule has 142 valence electrons. The Bertz CT molecular complexity index is 950. The molecule has 0 unspecified atom stereocenters. The molecule has 3 aromatic rings. The van der Waals surface area contributed by atoms with Crippen LogP contribution in [0.15, 0.2) is 36.4 Å². The number of likely N-dealkylation sites (N-methyl/N-ethyl adjacent to an activating group) is 1. The molecule has 0 bridgehead atoms. The van der Waals surface area contributed by atoms with E-state index in [0.717, 1.165) is 33.0 Å². The molecule has 4 nitrogen and oxygen atoms in total. The van der Waals surface area contributed by atoms with Crippen LogP contribution in [-0.4, -0.2) is 38.1 Å². The van der Waals surface area contributed by atoms with Crippen LogP contribution in [0.5, 0.6) is 0 Å². The minimum Gasteiger partial charge on any atom is -0.338 e. The Morgan fingerprint density at radius 1 is 1.19 bits per heavy atom. The number of quaternary nitrogens is 1. The van der Waals surface area contributed by atoms with Crippen LogP contribution in [0, 0.1) is 19.7 Å². The molecule has 0 aliphatic heterocycles. The molecule has 0 saturated heterocycles. The standard InChI is InChI=1S/C21H24FN3OS/c1-14-11-15(2)20-18(12-14)27-21(23-20)25(10-9-24(3)4)19(26)13-16-5-7-17(22)8-6-16/h5-8,11-12H,9-10,13H2,1-4H3/p+1. The molecule has 1 amide bonds. The number of aromatic nitrogens is 1. The van der Waals surface area contributed by atoms with E-state index in [9.17, 15) is 9.18 Å². The lowest BCUT2D eigenvalue weighted by Gasteiger charge is -2.20. The number of rotatable bonds is 6. The van der Waals surface area contributed by atoms with Crippen molar-refractivity contribution in [3.63, 3.8) is 0 Å². The number of anilines is 1. The molecule has 0 atom stereocenters. The first-order valence-electron chi connectivity index (χ1n) is 9.05. The molecular weight excluding hydrogens is 361 g/mol. The number of aryl methyl sites for hydroxylation is 2. The van der Waals surface area contributed by atoms with Gasteiger partial charge in [-0.15, -0.1) is 0 Å². The van der Waals surface area contributed by atoms with Gasteiger partial charge in [-0.2, -0.15) is 0 Å². The lowest BCUT2D eigenvalue weighted by molar-refractivity contribution is -0.856. The largest absolute Gasteiger partial charge is 0.338 e. The van der Waals surface area contributed by atoms with Crippen molar-refractivity contribution in [3.8, 4) is 0 Å². The zero-order chi connectivity index (χ0) is 19.6. The lowest BCUT2D eigenvalue weighted by Crippen LogP contribution is -3.06. The maximum atomic E-state index is 13.1. The van der Waals surface area contributed by atoms with Crippen molar-refractivity contribution in [2.75, 3.05) is 32.1 Å². The molecule has 27 heavy (non-hydrogen) atoms. The molecule has 1 heterocycles. The summed E-state index contributed by atoms with van der Waals surface area (Å²) in [5.74, 6) is -0.312. The summed E-state index contributed by atoms with van der Waals surface area (Å²) < 4.78 is 14.2. The number of carbonyl (C=O) groups excluding carboxylic acids is 1. The van der Waals surface area contributed by atoms with Gasteiger partial charge in [0.25, 0.3) is 0 Å². The maximum absolute atomic E-state index is 13.1. The highest BCUT2D eigenvalue weighted by molar-refractivity contribution is 7.22. The average molecular weight is 387 g/mol. The Labute approximate surface area is 163 Å². The summed E-state index contributed by atoms with van der Waals surface area (Å²) in [5.41, 5.74) is 4.07. The molecule has 1 aromatic heterocycles. The van der Waals surface area contributed by atoms with Gasteiger partial charge in [0.15, 0.2) is 5.13 Å². The average Bonchev–Trinajstić information content (AvgIpc) is 3.00. The van der Waals surface area contributed by atoms with Crippen LogP contribution < -0.4 is 9.80 Å². The maximum Gasteiger partial charge on any atom is 0.233 e. The van der Waals surface area contributed by atoms with Gasteiger partial charge in [0.1, 0.15) is 5.82 Å². The van der Waals surface area contributed by atoms with Crippen molar-refractivity contribution in [1.29, 1.82) is 0 Å². The molecule has 0 spiro atoms. The predicted octanol–water partition coefficient (Wildman–Crippen LogP) is 2.77. The Hall–Kier alpha value is -2.31. The molecule has 0 aliphatic carbocycles. The Morgan fingerprint density at radius 2 is 1.89 bits per heavy atom.